The third-order valence-corrected chi connectivity index (χ3v) is 6.42. The van der Waals surface area contributed by atoms with E-state index >= 15 is 0 Å². The first kappa shape index (κ1) is 19.8. The molecule has 1 saturated heterocycles. The van der Waals surface area contributed by atoms with Gasteiger partial charge in [-0.1, -0.05) is 38.1 Å². The van der Waals surface area contributed by atoms with Crippen molar-refractivity contribution in [3.05, 3.63) is 35.4 Å². The van der Waals surface area contributed by atoms with Crippen LogP contribution in [0.3, 0.4) is 0 Å². The first-order valence-corrected chi connectivity index (χ1v) is 10.9. The fourth-order valence-electron chi connectivity index (χ4n) is 3.17. The Balaban J connectivity index is 1.86. The summed E-state index contributed by atoms with van der Waals surface area (Å²) >= 11 is 0. The van der Waals surface area contributed by atoms with Crippen molar-refractivity contribution in [2.24, 2.45) is 16.8 Å². The molecule has 0 radical (unpaired) electrons. The van der Waals surface area contributed by atoms with Gasteiger partial charge in [-0.25, -0.2) is 8.42 Å². The van der Waals surface area contributed by atoms with Crippen LogP contribution in [-0.2, 0) is 16.3 Å². The van der Waals surface area contributed by atoms with Crippen LogP contribution in [0.15, 0.2) is 29.3 Å². The van der Waals surface area contributed by atoms with Crippen molar-refractivity contribution in [2.75, 3.05) is 25.1 Å². The Labute approximate surface area is 152 Å². The van der Waals surface area contributed by atoms with Gasteiger partial charge in [0.25, 0.3) is 0 Å². The van der Waals surface area contributed by atoms with Gasteiger partial charge in [-0.05, 0) is 42.7 Å². The van der Waals surface area contributed by atoms with Crippen molar-refractivity contribution >= 4 is 15.8 Å². The van der Waals surface area contributed by atoms with E-state index in [9.17, 15) is 8.42 Å². The molecule has 0 saturated carbocycles. The topological polar surface area (TPSA) is 70.6 Å². The Morgan fingerprint density at radius 1 is 1.24 bits per heavy atom. The fraction of sp³-hybridized carbons (Fsp3) is 0.632. The zero-order chi connectivity index (χ0) is 18.4. The molecule has 1 aliphatic heterocycles. The zero-order valence-electron chi connectivity index (χ0n) is 15.7. The average molecular weight is 366 g/mol. The van der Waals surface area contributed by atoms with Crippen LogP contribution >= 0.6 is 0 Å². The number of nitrogens with zero attached hydrogens (tertiary/aromatic N) is 1. The predicted molar refractivity (Wildman–Crippen MR) is 105 cm³/mol. The average Bonchev–Trinajstić information content (AvgIpc) is 2.90. The van der Waals surface area contributed by atoms with Crippen molar-refractivity contribution in [3.63, 3.8) is 0 Å². The quantitative estimate of drug-likeness (QED) is 0.600. The van der Waals surface area contributed by atoms with Crippen molar-refractivity contribution in [1.82, 2.24) is 10.6 Å². The molecule has 2 N–H and O–H groups in total. The van der Waals surface area contributed by atoms with Crippen LogP contribution in [0, 0.1) is 11.8 Å². The number of hydrogen-bond acceptors (Lipinski definition) is 3. The lowest BCUT2D eigenvalue weighted by Crippen LogP contribution is -2.41. The summed E-state index contributed by atoms with van der Waals surface area (Å²) in [4.78, 5) is 4.25. The number of aliphatic imine (C=N–C) groups is 1. The second kappa shape index (κ2) is 8.70. The first-order valence-electron chi connectivity index (χ1n) is 9.05. The highest BCUT2D eigenvalue weighted by Crippen LogP contribution is 2.18. The molecular formula is C19H31N3O2S. The van der Waals surface area contributed by atoms with E-state index in [0.717, 1.165) is 12.8 Å². The minimum atomic E-state index is -2.83. The van der Waals surface area contributed by atoms with E-state index in [1.54, 1.807) is 7.05 Å². The summed E-state index contributed by atoms with van der Waals surface area (Å²) in [5.41, 5.74) is 2.56. The van der Waals surface area contributed by atoms with E-state index in [-0.39, 0.29) is 17.7 Å². The summed E-state index contributed by atoms with van der Waals surface area (Å²) in [6.07, 6.45) is 1.83. The summed E-state index contributed by atoms with van der Waals surface area (Å²) < 4.78 is 23.1. The molecule has 1 aromatic carbocycles. The molecule has 25 heavy (non-hydrogen) atoms. The normalized spacial score (nSPS) is 21.3. The lowest BCUT2D eigenvalue weighted by atomic mass is 10.00. The molecule has 1 aromatic rings. The molecule has 5 nitrogen and oxygen atoms in total. The van der Waals surface area contributed by atoms with Gasteiger partial charge in [0, 0.05) is 13.6 Å². The van der Waals surface area contributed by atoms with Crippen LogP contribution in [0.4, 0.5) is 0 Å². The van der Waals surface area contributed by atoms with Crippen LogP contribution in [0.2, 0.25) is 0 Å². The summed E-state index contributed by atoms with van der Waals surface area (Å²) in [6, 6.07) is 8.82. The van der Waals surface area contributed by atoms with Crippen LogP contribution < -0.4 is 10.6 Å². The first-order chi connectivity index (χ1) is 11.8. The third kappa shape index (κ3) is 6.34. The SMILES string of the molecule is CN=C(NCC1CCS(=O)(=O)C1)NC(C)c1ccc(CC(C)C)cc1. The Hall–Kier alpha value is -1.56. The number of sulfone groups is 1. The lowest BCUT2D eigenvalue weighted by Gasteiger charge is -2.20. The summed E-state index contributed by atoms with van der Waals surface area (Å²) in [5.74, 6) is 2.13. The standard InChI is InChI=1S/C19H31N3O2S/c1-14(2)11-16-5-7-18(8-6-16)15(3)22-19(20-4)21-12-17-9-10-25(23,24)13-17/h5-8,14-15,17H,9-13H2,1-4H3,(H2,20,21,22). The van der Waals surface area contributed by atoms with Crippen LogP contribution in [0.25, 0.3) is 0 Å². The number of rotatable bonds is 6. The minimum absolute atomic E-state index is 0.131. The van der Waals surface area contributed by atoms with E-state index in [2.05, 4.69) is 60.7 Å². The molecular weight excluding hydrogens is 334 g/mol. The molecule has 0 bridgehead atoms. The third-order valence-electron chi connectivity index (χ3n) is 4.59. The van der Waals surface area contributed by atoms with Crippen LogP contribution in [-0.4, -0.2) is 39.5 Å². The largest absolute Gasteiger partial charge is 0.356 e. The number of hydrogen-bond donors (Lipinski definition) is 2. The van der Waals surface area contributed by atoms with E-state index < -0.39 is 9.84 Å². The molecule has 2 atom stereocenters. The van der Waals surface area contributed by atoms with E-state index in [1.807, 2.05) is 0 Å². The second-order valence-corrected chi connectivity index (χ2v) is 9.66. The molecule has 1 heterocycles. The van der Waals surface area contributed by atoms with E-state index in [4.69, 9.17) is 0 Å². The highest BCUT2D eigenvalue weighted by atomic mass is 32.2. The Morgan fingerprint density at radius 2 is 1.92 bits per heavy atom. The maximum absolute atomic E-state index is 11.5. The summed E-state index contributed by atoms with van der Waals surface area (Å²) in [7, 11) is -1.09. The van der Waals surface area contributed by atoms with Gasteiger partial charge in [-0.2, -0.15) is 0 Å². The maximum Gasteiger partial charge on any atom is 0.191 e. The molecule has 1 aliphatic rings. The van der Waals surface area contributed by atoms with Gasteiger partial charge < -0.3 is 10.6 Å². The predicted octanol–water partition coefficient (Wildman–Crippen LogP) is 2.55. The second-order valence-electron chi connectivity index (χ2n) is 7.43. The number of nitrogens with one attached hydrogen (secondary N) is 2. The molecule has 2 unspecified atom stereocenters. The van der Waals surface area contributed by atoms with Gasteiger partial charge in [0.1, 0.15) is 0 Å². The summed E-state index contributed by atoms with van der Waals surface area (Å²) in [5, 5.41) is 6.64. The molecule has 1 fully saturated rings. The van der Waals surface area contributed by atoms with Crippen molar-refractivity contribution < 1.29 is 8.42 Å². The highest BCUT2D eigenvalue weighted by molar-refractivity contribution is 7.91. The minimum Gasteiger partial charge on any atom is -0.356 e. The molecule has 0 aliphatic carbocycles. The van der Waals surface area contributed by atoms with Gasteiger partial charge in [0.15, 0.2) is 15.8 Å². The summed E-state index contributed by atoms with van der Waals surface area (Å²) in [6.45, 7) is 7.19. The van der Waals surface area contributed by atoms with Crippen molar-refractivity contribution in [3.8, 4) is 0 Å². The molecule has 0 spiro atoms. The number of guanidine groups is 1. The van der Waals surface area contributed by atoms with E-state index in [0.29, 0.717) is 24.2 Å². The van der Waals surface area contributed by atoms with Crippen LogP contribution in [0.5, 0.6) is 0 Å². The highest BCUT2D eigenvalue weighted by Gasteiger charge is 2.27. The van der Waals surface area contributed by atoms with Gasteiger partial charge in [0.05, 0.1) is 17.5 Å². The lowest BCUT2D eigenvalue weighted by molar-refractivity contribution is 0.562. The van der Waals surface area contributed by atoms with Crippen molar-refractivity contribution in [1.29, 1.82) is 0 Å². The maximum atomic E-state index is 11.5. The molecule has 140 valence electrons. The Bertz CT molecular complexity index is 681. The fourth-order valence-corrected chi connectivity index (χ4v) is 5.03. The molecule has 2 rings (SSSR count). The Kier molecular flexibility index (Phi) is 6.87. The molecule has 6 heteroatoms. The van der Waals surface area contributed by atoms with Gasteiger partial charge in [-0.3, -0.25) is 4.99 Å². The monoisotopic (exact) mass is 365 g/mol. The van der Waals surface area contributed by atoms with Gasteiger partial charge in [0.2, 0.25) is 0 Å². The van der Waals surface area contributed by atoms with Gasteiger partial charge >= 0.3 is 0 Å². The van der Waals surface area contributed by atoms with Crippen LogP contribution in [0.1, 0.15) is 44.4 Å². The smallest absolute Gasteiger partial charge is 0.191 e. The van der Waals surface area contributed by atoms with Crippen molar-refractivity contribution in [2.45, 2.75) is 39.7 Å². The molecule has 0 aromatic heterocycles. The Morgan fingerprint density at radius 3 is 2.44 bits per heavy atom. The van der Waals surface area contributed by atoms with E-state index in [1.165, 1.54) is 11.1 Å². The number of benzene rings is 1. The van der Waals surface area contributed by atoms with Gasteiger partial charge in [-0.15, -0.1) is 0 Å². The zero-order valence-corrected chi connectivity index (χ0v) is 16.6. The molecule has 0 amide bonds.